The van der Waals surface area contributed by atoms with Crippen LogP contribution in [0.15, 0.2) is 0 Å². The van der Waals surface area contributed by atoms with Crippen LogP contribution >= 0.6 is 0 Å². The molecule has 5 atom stereocenters. The van der Waals surface area contributed by atoms with Crippen LogP contribution in [-0.4, -0.2) is 22.5 Å². The second-order valence-electron chi connectivity index (χ2n) is 5.12. The number of ketones is 1. The van der Waals surface area contributed by atoms with E-state index in [1.165, 1.54) is 0 Å². The number of hydrogen-bond acceptors (Lipinski definition) is 3. The zero-order valence-electron chi connectivity index (χ0n) is 7.57. The average molecular weight is 181 g/mol. The number of rotatable bonds is 0. The van der Waals surface area contributed by atoms with Gasteiger partial charge in [0.05, 0.1) is 11.6 Å². The molecule has 0 heterocycles. The molecule has 3 heteroatoms. The van der Waals surface area contributed by atoms with Gasteiger partial charge < -0.3 is 10.8 Å². The Hall–Kier alpha value is -0.410. The summed E-state index contributed by atoms with van der Waals surface area (Å²) in [5.74, 6) is 0.915. The summed E-state index contributed by atoms with van der Waals surface area (Å²) in [4.78, 5) is 11.8. The number of carbonyl (C=O) groups excluding carboxylic acids is 1. The molecule has 4 aliphatic carbocycles. The highest BCUT2D eigenvalue weighted by Gasteiger charge is 2.58. The van der Waals surface area contributed by atoms with E-state index in [4.69, 9.17) is 5.73 Å². The van der Waals surface area contributed by atoms with Gasteiger partial charge in [0.2, 0.25) is 0 Å². The normalized spacial score (nSPS) is 58.8. The molecular weight excluding hydrogens is 166 g/mol. The predicted octanol–water partition coefficient (Wildman–Crippen LogP) is 0.0637. The lowest BCUT2D eigenvalue weighted by Gasteiger charge is -2.55. The Balaban J connectivity index is 2.04. The molecule has 72 valence electrons. The molecule has 4 bridgehead atoms. The van der Waals surface area contributed by atoms with Gasteiger partial charge in [-0.2, -0.15) is 0 Å². The summed E-state index contributed by atoms with van der Waals surface area (Å²) in [6, 6.07) is 0. The molecule has 0 spiro atoms. The zero-order chi connectivity index (χ0) is 9.22. The van der Waals surface area contributed by atoms with Gasteiger partial charge in [0, 0.05) is 5.92 Å². The van der Waals surface area contributed by atoms with Gasteiger partial charge in [0.25, 0.3) is 0 Å². The second-order valence-corrected chi connectivity index (χ2v) is 5.12. The van der Waals surface area contributed by atoms with E-state index < -0.39 is 5.54 Å². The fourth-order valence-corrected chi connectivity index (χ4v) is 3.76. The van der Waals surface area contributed by atoms with Crippen molar-refractivity contribution >= 4 is 5.78 Å². The fraction of sp³-hybridized carbons (Fsp3) is 0.900. The summed E-state index contributed by atoms with van der Waals surface area (Å²) in [6.07, 6.45) is 3.17. The number of hydrogen-bond donors (Lipinski definition) is 2. The van der Waals surface area contributed by atoms with Gasteiger partial charge in [-0.3, -0.25) is 4.79 Å². The van der Waals surface area contributed by atoms with E-state index in [1.54, 1.807) is 0 Å². The first-order valence-electron chi connectivity index (χ1n) is 5.11. The molecule has 4 fully saturated rings. The van der Waals surface area contributed by atoms with Crippen molar-refractivity contribution in [1.29, 1.82) is 0 Å². The minimum Gasteiger partial charge on any atom is -0.392 e. The average Bonchev–Trinajstić information content (AvgIpc) is 2.07. The first-order chi connectivity index (χ1) is 6.10. The van der Waals surface area contributed by atoms with Crippen molar-refractivity contribution in [3.63, 3.8) is 0 Å². The van der Waals surface area contributed by atoms with Gasteiger partial charge >= 0.3 is 0 Å². The second kappa shape index (κ2) is 2.15. The van der Waals surface area contributed by atoms with E-state index in [2.05, 4.69) is 0 Å². The van der Waals surface area contributed by atoms with Crippen LogP contribution in [0.1, 0.15) is 25.7 Å². The molecule has 0 aromatic heterocycles. The maximum atomic E-state index is 11.8. The van der Waals surface area contributed by atoms with Gasteiger partial charge in [0.15, 0.2) is 5.78 Å². The van der Waals surface area contributed by atoms with Crippen LogP contribution in [0.2, 0.25) is 0 Å². The van der Waals surface area contributed by atoms with Crippen LogP contribution in [0.5, 0.6) is 0 Å². The van der Waals surface area contributed by atoms with Crippen molar-refractivity contribution in [1.82, 2.24) is 0 Å². The Labute approximate surface area is 77.3 Å². The summed E-state index contributed by atoms with van der Waals surface area (Å²) in [6.45, 7) is 0. The molecule has 13 heavy (non-hydrogen) atoms. The maximum Gasteiger partial charge on any atom is 0.158 e. The van der Waals surface area contributed by atoms with Crippen LogP contribution in [0.4, 0.5) is 0 Å². The molecular formula is C10H15NO2. The van der Waals surface area contributed by atoms with Crippen molar-refractivity contribution in [3.05, 3.63) is 0 Å². The van der Waals surface area contributed by atoms with Crippen molar-refractivity contribution in [2.75, 3.05) is 0 Å². The van der Waals surface area contributed by atoms with Crippen molar-refractivity contribution in [3.8, 4) is 0 Å². The molecule has 4 rings (SSSR count). The lowest BCUT2D eigenvalue weighted by molar-refractivity contribution is -0.157. The minimum absolute atomic E-state index is 0.128. The monoisotopic (exact) mass is 181 g/mol. The van der Waals surface area contributed by atoms with E-state index in [9.17, 15) is 9.90 Å². The lowest BCUT2D eigenvalue weighted by Crippen LogP contribution is -2.67. The molecule has 0 amide bonds. The van der Waals surface area contributed by atoms with Gasteiger partial charge in [-0.1, -0.05) is 0 Å². The largest absolute Gasteiger partial charge is 0.392 e. The fourth-order valence-electron chi connectivity index (χ4n) is 3.76. The first-order valence-corrected chi connectivity index (χ1v) is 5.11. The zero-order valence-corrected chi connectivity index (χ0v) is 7.57. The Morgan fingerprint density at radius 1 is 1.38 bits per heavy atom. The van der Waals surface area contributed by atoms with Crippen molar-refractivity contribution in [2.24, 2.45) is 23.5 Å². The van der Waals surface area contributed by atoms with Crippen LogP contribution < -0.4 is 5.73 Å². The highest BCUT2D eigenvalue weighted by molar-refractivity contribution is 5.92. The van der Waals surface area contributed by atoms with Crippen molar-refractivity contribution < 1.29 is 9.90 Å². The van der Waals surface area contributed by atoms with E-state index in [1.807, 2.05) is 0 Å². The highest BCUT2D eigenvalue weighted by atomic mass is 16.3. The third-order valence-corrected chi connectivity index (χ3v) is 4.23. The molecule has 1 unspecified atom stereocenters. The van der Waals surface area contributed by atoms with E-state index in [-0.39, 0.29) is 17.8 Å². The van der Waals surface area contributed by atoms with E-state index in [0.29, 0.717) is 11.8 Å². The summed E-state index contributed by atoms with van der Waals surface area (Å²) in [7, 11) is 0. The number of aliphatic hydroxyl groups is 1. The molecule has 0 aliphatic heterocycles. The van der Waals surface area contributed by atoms with Crippen molar-refractivity contribution in [2.45, 2.75) is 37.3 Å². The Kier molecular flexibility index (Phi) is 1.31. The first kappa shape index (κ1) is 7.94. The molecule has 0 aromatic rings. The Bertz CT molecular complexity index is 278. The topological polar surface area (TPSA) is 63.3 Å². The molecule has 4 aliphatic rings. The minimum atomic E-state index is -0.560. The summed E-state index contributed by atoms with van der Waals surface area (Å²) >= 11 is 0. The van der Waals surface area contributed by atoms with Crippen LogP contribution in [-0.2, 0) is 4.79 Å². The summed E-state index contributed by atoms with van der Waals surface area (Å²) in [5, 5.41) is 9.84. The third kappa shape index (κ3) is 0.842. The third-order valence-electron chi connectivity index (χ3n) is 4.23. The highest BCUT2D eigenvalue weighted by Crippen LogP contribution is 2.52. The molecule has 0 saturated heterocycles. The van der Waals surface area contributed by atoms with Crippen LogP contribution in [0.3, 0.4) is 0 Å². The number of Topliss-reactive ketones (excluding diaryl/α,β-unsaturated/α-hetero) is 1. The van der Waals surface area contributed by atoms with E-state index in [0.717, 1.165) is 25.7 Å². The van der Waals surface area contributed by atoms with E-state index >= 15 is 0 Å². The quantitative estimate of drug-likeness (QED) is 0.555. The maximum absolute atomic E-state index is 11.8. The predicted molar refractivity (Wildman–Crippen MR) is 46.9 cm³/mol. The van der Waals surface area contributed by atoms with Gasteiger partial charge in [-0.25, -0.2) is 0 Å². The summed E-state index contributed by atoms with van der Waals surface area (Å²) < 4.78 is 0. The lowest BCUT2D eigenvalue weighted by atomic mass is 9.51. The summed E-state index contributed by atoms with van der Waals surface area (Å²) in [5.41, 5.74) is 5.51. The Morgan fingerprint density at radius 3 is 2.92 bits per heavy atom. The molecule has 3 nitrogen and oxygen atoms in total. The number of nitrogens with two attached hydrogens (primary N) is 1. The number of aliphatic hydroxyl groups excluding tert-OH is 1. The van der Waals surface area contributed by atoms with Gasteiger partial charge in [0.1, 0.15) is 0 Å². The smallest absolute Gasteiger partial charge is 0.158 e. The van der Waals surface area contributed by atoms with Gasteiger partial charge in [-0.05, 0) is 37.5 Å². The van der Waals surface area contributed by atoms with Gasteiger partial charge in [-0.15, -0.1) is 0 Å². The SMILES string of the molecule is N[C@]12C[C@@H]3C[C@H](C1)C(O)[C@@H](C3)C2=O. The molecule has 4 saturated carbocycles. The molecule has 0 radical (unpaired) electrons. The molecule has 3 N–H and O–H groups in total. The standard InChI is InChI=1S/C10H15NO2/c11-10-3-5-1-6(4-10)8(12)7(2-5)9(10)13/h5-8,12H,1-4,11H2/t5-,6-,7-,8?,10-/m1/s1. The molecule has 0 aromatic carbocycles. The van der Waals surface area contributed by atoms with Crippen LogP contribution in [0, 0.1) is 17.8 Å². The Morgan fingerprint density at radius 2 is 2.15 bits per heavy atom. The number of carbonyl (C=O) groups is 1. The van der Waals surface area contributed by atoms with Crippen LogP contribution in [0.25, 0.3) is 0 Å².